The largest absolute Gasteiger partial charge is 0.0616 e. The predicted octanol–water partition coefficient (Wildman–Crippen LogP) is 21.6. The van der Waals surface area contributed by atoms with Gasteiger partial charge in [-0.1, -0.05) is 236 Å². The molecule has 0 heterocycles. The van der Waals surface area contributed by atoms with Crippen molar-refractivity contribution in [3.63, 3.8) is 0 Å². The van der Waals surface area contributed by atoms with E-state index in [1.807, 2.05) is 0 Å². The minimum Gasteiger partial charge on any atom is -0.0616 e. The maximum Gasteiger partial charge on any atom is -0.00199 e. The highest BCUT2D eigenvalue weighted by atomic mass is 14.2. The summed E-state index contributed by atoms with van der Waals surface area (Å²) in [6, 6.07) is 83.7. The van der Waals surface area contributed by atoms with Gasteiger partial charge in [0, 0.05) is 0 Å². The van der Waals surface area contributed by atoms with Crippen molar-refractivity contribution < 1.29 is 0 Å². The fraction of sp³-hybridized carbons (Fsp3) is 0.123. The van der Waals surface area contributed by atoms with Crippen LogP contribution in [0.5, 0.6) is 0 Å². The summed E-state index contributed by atoms with van der Waals surface area (Å²) in [4.78, 5) is 0. The van der Waals surface area contributed by atoms with Crippen LogP contribution in [0.25, 0.3) is 130 Å². The van der Waals surface area contributed by atoms with E-state index in [9.17, 15) is 0 Å². The Morgan fingerprint density at radius 2 is 0.479 bits per heavy atom. The quantitative estimate of drug-likeness (QED) is 0.119. The predicted molar refractivity (Wildman–Crippen MR) is 321 cm³/mol. The number of rotatable bonds is 5. The fourth-order valence-electron chi connectivity index (χ4n) is 12.5. The van der Waals surface area contributed by atoms with Gasteiger partial charge in [-0.2, -0.15) is 0 Å². The monoisotopic (exact) mass is 934 g/mol. The molecule has 0 aliphatic heterocycles. The Morgan fingerprint density at radius 3 is 0.863 bits per heavy atom. The van der Waals surface area contributed by atoms with Crippen LogP contribution in [0, 0.1) is 0 Å². The van der Waals surface area contributed by atoms with Crippen LogP contribution >= 0.6 is 0 Å². The second-order valence-electron chi connectivity index (χ2n) is 21.2. The lowest BCUT2D eigenvalue weighted by molar-refractivity contribution is 0.877. The van der Waals surface area contributed by atoms with E-state index < -0.39 is 0 Å². The molecule has 14 aromatic carbocycles. The van der Waals surface area contributed by atoms with Gasteiger partial charge in [0.1, 0.15) is 0 Å². The first-order valence-corrected chi connectivity index (χ1v) is 26.3. The third-order valence-corrected chi connectivity index (χ3v) is 16.0. The van der Waals surface area contributed by atoms with Crippen molar-refractivity contribution >= 4 is 108 Å². The maximum absolute atomic E-state index is 2.49. The van der Waals surface area contributed by atoms with Crippen LogP contribution in [0.3, 0.4) is 0 Å². The van der Waals surface area contributed by atoms with Gasteiger partial charge in [0.15, 0.2) is 0 Å². The molecule has 0 heteroatoms. The van der Waals surface area contributed by atoms with Crippen molar-refractivity contribution in [1.82, 2.24) is 0 Å². The van der Waals surface area contributed by atoms with E-state index in [1.165, 1.54) is 147 Å². The molecule has 0 radical (unpaired) electrons. The topological polar surface area (TPSA) is 0 Å². The molecule has 0 aliphatic rings. The van der Waals surface area contributed by atoms with Crippen LogP contribution in [-0.4, -0.2) is 0 Å². The van der Waals surface area contributed by atoms with Crippen LogP contribution < -0.4 is 0 Å². The molecular weight excluding hydrogens is 877 g/mol. The van der Waals surface area contributed by atoms with Gasteiger partial charge >= 0.3 is 0 Å². The van der Waals surface area contributed by atoms with Crippen LogP contribution in [0.15, 0.2) is 224 Å². The SMILES string of the molecule is CC(C)c1cc2c(-c3cccc4ccccc34)c3cc(C(C)C)c4ccccc4c3cc2c2ccccc12.CC(C)c1cc2c(-c3cccc4ccccc34)c3ccc4ccccc4c3cc2c2ccccc12. The van der Waals surface area contributed by atoms with Gasteiger partial charge < -0.3 is 0 Å². The molecule has 0 saturated heterocycles. The van der Waals surface area contributed by atoms with Gasteiger partial charge in [0.2, 0.25) is 0 Å². The Kier molecular flexibility index (Phi) is 10.9. The molecule has 73 heavy (non-hydrogen) atoms. The summed E-state index contributed by atoms with van der Waals surface area (Å²) in [6.45, 7) is 13.9. The summed E-state index contributed by atoms with van der Waals surface area (Å²) in [5, 5.41) is 26.5. The Hall–Kier alpha value is -8.32. The van der Waals surface area contributed by atoms with E-state index in [0.29, 0.717) is 17.8 Å². The van der Waals surface area contributed by atoms with Crippen LogP contribution in [0.2, 0.25) is 0 Å². The normalized spacial score (nSPS) is 12.1. The summed E-state index contributed by atoms with van der Waals surface area (Å²) < 4.78 is 0. The molecule has 0 amide bonds. The molecule has 0 atom stereocenters. The highest BCUT2D eigenvalue weighted by Gasteiger charge is 2.22. The van der Waals surface area contributed by atoms with E-state index in [1.54, 1.807) is 0 Å². The first kappa shape index (κ1) is 44.6. The third-order valence-electron chi connectivity index (χ3n) is 16.0. The molecule has 14 rings (SSSR count). The zero-order valence-corrected chi connectivity index (χ0v) is 42.6. The van der Waals surface area contributed by atoms with Crippen molar-refractivity contribution in [2.75, 3.05) is 0 Å². The summed E-state index contributed by atoms with van der Waals surface area (Å²) in [7, 11) is 0. The van der Waals surface area contributed by atoms with Crippen LogP contribution in [-0.2, 0) is 0 Å². The molecule has 350 valence electrons. The zero-order chi connectivity index (χ0) is 49.5. The van der Waals surface area contributed by atoms with Crippen molar-refractivity contribution in [2.24, 2.45) is 0 Å². The minimum absolute atomic E-state index is 0.434. The van der Waals surface area contributed by atoms with Gasteiger partial charge in [-0.25, -0.2) is 0 Å². The lowest BCUT2D eigenvalue weighted by atomic mass is 9.82. The van der Waals surface area contributed by atoms with Gasteiger partial charge in [-0.05, 0) is 195 Å². The van der Waals surface area contributed by atoms with E-state index >= 15 is 0 Å². The van der Waals surface area contributed by atoms with Crippen molar-refractivity contribution in [3.05, 3.63) is 241 Å². The summed E-state index contributed by atoms with van der Waals surface area (Å²) in [5.74, 6) is 1.31. The fourth-order valence-corrected chi connectivity index (χ4v) is 12.5. The first-order valence-electron chi connectivity index (χ1n) is 26.3. The van der Waals surface area contributed by atoms with Crippen molar-refractivity contribution in [1.29, 1.82) is 0 Å². The number of fused-ring (bicyclic) bond motifs is 14. The summed E-state index contributed by atoms with van der Waals surface area (Å²) >= 11 is 0. The molecule has 14 aromatic rings. The minimum atomic E-state index is 0.434. The Labute approximate surface area is 428 Å². The first-order chi connectivity index (χ1) is 35.7. The number of benzene rings is 14. The molecule has 0 aromatic heterocycles. The van der Waals surface area contributed by atoms with E-state index in [0.717, 1.165) is 0 Å². The third kappa shape index (κ3) is 7.26. The van der Waals surface area contributed by atoms with Gasteiger partial charge in [0.25, 0.3) is 0 Å². The number of hydrogen-bond acceptors (Lipinski definition) is 0. The molecule has 0 unspecified atom stereocenters. The van der Waals surface area contributed by atoms with Crippen LogP contribution in [0.1, 0.15) is 76.0 Å². The Balaban J connectivity index is 0.000000142. The van der Waals surface area contributed by atoms with Crippen molar-refractivity contribution in [2.45, 2.75) is 59.3 Å². The average molecular weight is 935 g/mol. The zero-order valence-electron chi connectivity index (χ0n) is 42.6. The summed E-state index contributed by atoms with van der Waals surface area (Å²) in [6.07, 6.45) is 0. The number of hydrogen-bond donors (Lipinski definition) is 0. The van der Waals surface area contributed by atoms with Gasteiger partial charge in [0.05, 0.1) is 0 Å². The van der Waals surface area contributed by atoms with E-state index in [2.05, 4.69) is 266 Å². The molecule has 0 aliphatic carbocycles. The van der Waals surface area contributed by atoms with E-state index in [4.69, 9.17) is 0 Å². The average Bonchev–Trinajstić information content (AvgIpc) is 3.43. The molecule has 0 bridgehead atoms. The summed E-state index contributed by atoms with van der Waals surface area (Å²) in [5.41, 5.74) is 9.56. The lowest BCUT2D eigenvalue weighted by Crippen LogP contribution is -1.96. The molecule has 0 saturated carbocycles. The van der Waals surface area contributed by atoms with Crippen LogP contribution in [0.4, 0.5) is 0 Å². The highest BCUT2D eigenvalue weighted by Crippen LogP contribution is 2.48. The molecule has 0 spiro atoms. The standard InChI is InChI=1S/C38H32.C35H26/c1-23(2)32-20-36-34(29-17-9-7-15-27(29)32)22-35-30-18-10-8-16-28(30)33(24(3)4)21-37(35)38(36)31-19-11-13-25-12-5-6-14-26(25)31;1-22(2)31-20-34-33(28-16-8-7-15-27(28)31)21-32-26-14-6-4-11-24(26)18-19-30(32)35(34)29-17-9-12-23-10-3-5-13-25(23)29/h5-24H,1-4H3;3-22H,1-2H3. The molecule has 0 nitrogen and oxygen atoms in total. The second kappa shape index (κ2) is 17.8. The maximum atomic E-state index is 2.49. The molecule has 0 N–H and O–H groups in total. The molecular formula is C73H58. The Bertz CT molecular complexity index is 4410. The van der Waals surface area contributed by atoms with Gasteiger partial charge in [-0.3, -0.25) is 0 Å². The second-order valence-corrected chi connectivity index (χ2v) is 21.2. The highest BCUT2D eigenvalue weighted by molar-refractivity contribution is 6.28. The smallest absolute Gasteiger partial charge is 0.00199 e. The Morgan fingerprint density at radius 1 is 0.192 bits per heavy atom. The van der Waals surface area contributed by atoms with E-state index in [-0.39, 0.29) is 0 Å². The lowest BCUT2D eigenvalue weighted by Gasteiger charge is -2.21. The van der Waals surface area contributed by atoms with Gasteiger partial charge in [-0.15, -0.1) is 0 Å². The van der Waals surface area contributed by atoms with Crippen molar-refractivity contribution in [3.8, 4) is 22.3 Å². The molecule has 0 fully saturated rings.